The highest BCUT2D eigenvalue weighted by atomic mass is 16.6. The number of hydrogen-bond acceptors (Lipinski definition) is 3. The lowest BCUT2D eigenvalue weighted by Gasteiger charge is -2.29. The summed E-state index contributed by atoms with van der Waals surface area (Å²) in [6.07, 6.45) is 0.00808. The molecule has 0 bridgehead atoms. The van der Waals surface area contributed by atoms with Crippen LogP contribution in [-0.2, 0) is 9.47 Å². The van der Waals surface area contributed by atoms with Crippen molar-refractivity contribution in [1.29, 1.82) is 0 Å². The summed E-state index contributed by atoms with van der Waals surface area (Å²) in [7, 11) is 0. The minimum absolute atomic E-state index is 0.00926. The van der Waals surface area contributed by atoms with Crippen molar-refractivity contribution in [2.24, 2.45) is 5.92 Å². The van der Waals surface area contributed by atoms with Gasteiger partial charge in [-0.05, 0) is 27.7 Å². The normalized spacial score (nSPS) is 39.0. The van der Waals surface area contributed by atoms with Gasteiger partial charge in [-0.25, -0.2) is 0 Å². The molecule has 4 atom stereocenters. The van der Waals surface area contributed by atoms with Gasteiger partial charge in [-0.2, -0.15) is 0 Å². The number of ether oxygens (including phenoxy) is 2. The first-order chi connectivity index (χ1) is 6.35. The quantitative estimate of drug-likeness (QED) is 0.739. The standard InChI is InChI=1S/C11H22O3/c1-7-8(2)13-9(6-12)10(7)14-11(3,4)5/h7-10,12H,6H2,1-5H3/t7-,8+,9-,10?/m1/s1. The average Bonchev–Trinajstić information content (AvgIpc) is 2.30. The Balaban J connectivity index is 2.64. The van der Waals surface area contributed by atoms with Gasteiger partial charge < -0.3 is 14.6 Å². The molecule has 1 heterocycles. The summed E-state index contributed by atoms with van der Waals surface area (Å²) in [6, 6.07) is 0. The third kappa shape index (κ3) is 2.69. The molecule has 0 aromatic carbocycles. The monoisotopic (exact) mass is 202 g/mol. The smallest absolute Gasteiger partial charge is 0.107 e. The summed E-state index contributed by atoms with van der Waals surface area (Å²) in [5.41, 5.74) is -0.181. The summed E-state index contributed by atoms with van der Waals surface area (Å²) in [4.78, 5) is 0. The molecule has 0 amide bonds. The van der Waals surface area contributed by atoms with Crippen LogP contribution in [0.5, 0.6) is 0 Å². The molecule has 3 nitrogen and oxygen atoms in total. The highest BCUT2D eigenvalue weighted by Gasteiger charge is 2.41. The average molecular weight is 202 g/mol. The second kappa shape index (κ2) is 4.17. The van der Waals surface area contributed by atoms with Crippen LogP contribution in [0, 0.1) is 5.92 Å². The van der Waals surface area contributed by atoms with E-state index in [1.165, 1.54) is 0 Å². The van der Waals surface area contributed by atoms with Crippen LogP contribution in [0.1, 0.15) is 34.6 Å². The van der Waals surface area contributed by atoms with E-state index in [0.29, 0.717) is 5.92 Å². The number of rotatable bonds is 2. The first-order valence-corrected chi connectivity index (χ1v) is 5.29. The molecule has 0 saturated carbocycles. The summed E-state index contributed by atoms with van der Waals surface area (Å²) in [5, 5.41) is 9.16. The van der Waals surface area contributed by atoms with E-state index in [0.717, 1.165) is 0 Å². The van der Waals surface area contributed by atoms with Crippen molar-refractivity contribution >= 4 is 0 Å². The molecule has 1 fully saturated rings. The summed E-state index contributed by atoms with van der Waals surface area (Å²) >= 11 is 0. The molecule has 1 rings (SSSR count). The molecule has 1 unspecified atom stereocenters. The molecule has 1 saturated heterocycles. The topological polar surface area (TPSA) is 38.7 Å². The predicted molar refractivity (Wildman–Crippen MR) is 55.2 cm³/mol. The molecule has 0 aromatic rings. The Hall–Kier alpha value is -0.120. The van der Waals surface area contributed by atoms with Gasteiger partial charge in [-0.3, -0.25) is 0 Å². The molecule has 0 aromatic heterocycles. The van der Waals surface area contributed by atoms with E-state index in [4.69, 9.17) is 14.6 Å². The van der Waals surface area contributed by atoms with Gasteiger partial charge in [0.15, 0.2) is 0 Å². The third-order valence-corrected chi connectivity index (χ3v) is 2.68. The van der Waals surface area contributed by atoms with Crippen LogP contribution < -0.4 is 0 Å². The van der Waals surface area contributed by atoms with E-state index in [9.17, 15) is 0 Å². The van der Waals surface area contributed by atoms with E-state index in [2.05, 4.69) is 6.92 Å². The van der Waals surface area contributed by atoms with Gasteiger partial charge in [-0.1, -0.05) is 6.92 Å². The summed E-state index contributed by atoms with van der Waals surface area (Å²) in [5.74, 6) is 0.339. The Morgan fingerprint density at radius 1 is 1.29 bits per heavy atom. The second-order valence-electron chi connectivity index (χ2n) is 5.12. The fourth-order valence-electron chi connectivity index (χ4n) is 1.82. The summed E-state index contributed by atoms with van der Waals surface area (Å²) in [6.45, 7) is 10.2. The maximum atomic E-state index is 9.16. The lowest BCUT2D eigenvalue weighted by Crippen LogP contribution is -2.38. The molecule has 3 heteroatoms. The third-order valence-electron chi connectivity index (χ3n) is 2.68. The van der Waals surface area contributed by atoms with Crippen molar-refractivity contribution in [1.82, 2.24) is 0 Å². The second-order valence-corrected chi connectivity index (χ2v) is 5.12. The Morgan fingerprint density at radius 2 is 1.86 bits per heavy atom. The lowest BCUT2D eigenvalue weighted by atomic mass is 9.98. The molecule has 1 aliphatic heterocycles. The highest BCUT2D eigenvalue weighted by molar-refractivity contribution is 4.88. The zero-order valence-corrected chi connectivity index (χ0v) is 9.78. The fourth-order valence-corrected chi connectivity index (χ4v) is 1.82. The van der Waals surface area contributed by atoms with Crippen LogP contribution in [0.15, 0.2) is 0 Å². The Kier molecular flexibility index (Phi) is 3.56. The lowest BCUT2D eigenvalue weighted by molar-refractivity contribution is -0.107. The van der Waals surface area contributed by atoms with Gasteiger partial charge >= 0.3 is 0 Å². The van der Waals surface area contributed by atoms with Crippen molar-refractivity contribution in [3.05, 3.63) is 0 Å². The maximum absolute atomic E-state index is 9.16. The molecule has 14 heavy (non-hydrogen) atoms. The van der Waals surface area contributed by atoms with Crippen LogP contribution in [0.4, 0.5) is 0 Å². The Morgan fingerprint density at radius 3 is 2.29 bits per heavy atom. The molecule has 0 aliphatic carbocycles. The van der Waals surface area contributed by atoms with E-state index < -0.39 is 0 Å². The number of aliphatic hydroxyl groups excluding tert-OH is 1. The predicted octanol–water partition coefficient (Wildman–Crippen LogP) is 1.59. The molecule has 1 N–H and O–H groups in total. The van der Waals surface area contributed by atoms with Crippen LogP contribution in [0.25, 0.3) is 0 Å². The van der Waals surface area contributed by atoms with Crippen LogP contribution in [0.3, 0.4) is 0 Å². The molecule has 0 radical (unpaired) electrons. The molecule has 84 valence electrons. The number of aliphatic hydroxyl groups is 1. The van der Waals surface area contributed by atoms with Crippen molar-refractivity contribution in [2.45, 2.75) is 58.5 Å². The van der Waals surface area contributed by atoms with E-state index >= 15 is 0 Å². The van der Waals surface area contributed by atoms with Gasteiger partial charge in [0.1, 0.15) is 6.10 Å². The van der Waals surface area contributed by atoms with Crippen LogP contribution in [-0.4, -0.2) is 35.6 Å². The molecule has 0 spiro atoms. The van der Waals surface area contributed by atoms with E-state index in [-0.39, 0.29) is 30.5 Å². The van der Waals surface area contributed by atoms with Crippen molar-refractivity contribution < 1.29 is 14.6 Å². The van der Waals surface area contributed by atoms with Gasteiger partial charge in [0.2, 0.25) is 0 Å². The van der Waals surface area contributed by atoms with Crippen molar-refractivity contribution in [3.63, 3.8) is 0 Å². The zero-order valence-electron chi connectivity index (χ0n) is 9.78. The van der Waals surface area contributed by atoms with Gasteiger partial charge in [-0.15, -0.1) is 0 Å². The summed E-state index contributed by atoms with van der Waals surface area (Å²) < 4.78 is 11.5. The molecular formula is C11H22O3. The maximum Gasteiger partial charge on any atom is 0.107 e. The van der Waals surface area contributed by atoms with Gasteiger partial charge in [0.25, 0.3) is 0 Å². The van der Waals surface area contributed by atoms with Crippen molar-refractivity contribution in [3.8, 4) is 0 Å². The van der Waals surface area contributed by atoms with E-state index in [1.807, 2.05) is 27.7 Å². The molecular weight excluding hydrogens is 180 g/mol. The highest BCUT2D eigenvalue weighted by Crippen LogP contribution is 2.31. The van der Waals surface area contributed by atoms with Gasteiger partial charge in [0.05, 0.1) is 24.4 Å². The van der Waals surface area contributed by atoms with Crippen molar-refractivity contribution in [2.75, 3.05) is 6.61 Å². The SMILES string of the molecule is C[C@@H]1O[C@H](CO)C(OC(C)(C)C)[C@@H]1C. The van der Waals surface area contributed by atoms with Crippen LogP contribution in [0.2, 0.25) is 0 Å². The fraction of sp³-hybridized carbons (Fsp3) is 1.00. The Bertz CT molecular complexity index is 185. The molecule has 1 aliphatic rings. The zero-order chi connectivity index (χ0) is 10.9. The first-order valence-electron chi connectivity index (χ1n) is 5.29. The Labute approximate surface area is 86.4 Å². The van der Waals surface area contributed by atoms with Gasteiger partial charge in [0, 0.05) is 5.92 Å². The minimum Gasteiger partial charge on any atom is -0.394 e. The minimum atomic E-state index is -0.181. The largest absolute Gasteiger partial charge is 0.394 e. The first kappa shape index (κ1) is 12.0. The van der Waals surface area contributed by atoms with E-state index in [1.54, 1.807) is 0 Å². The number of hydrogen-bond donors (Lipinski definition) is 1. The van der Waals surface area contributed by atoms with Crippen LogP contribution >= 0.6 is 0 Å².